The van der Waals surface area contributed by atoms with Gasteiger partial charge in [0.05, 0.1) is 6.04 Å². The molecule has 0 aliphatic carbocycles. The van der Waals surface area contributed by atoms with Gasteiger partial charge in [-0.25, -0.2) is 4.79 Å². The number of likely N-dealkylation sites (tertiary alicyclic amines) is 1. The van der Waals surface area contributed by atoms with Gasteiger partial charge in [0, 0.05) is 33.0 Å². The summed E-state index contributed by atoms with van der Waals surface area (Å²) in [6.07, 6.45) is -0.540. The molecule has 7 heteroatoms. The van der Waals surface area contributed by atoms with Crippen LogP contribution in [0.15, 0.2) is 0 Å². The van der Waals surface area contributed by atoms with Gasteiger partial charge in [-0.2, -0.15) is 5.06 Å². The average molecular weight is 300 g/mol. The maximum atomic E-state index is 12.3. The Morgan fingerprint density at radius 2 is 1.95 bits per heavy atom. The molecule has 2 fully saturated rings. The lowest BCUT2D eigenvalue weighted by atomic mass is 10.0. The number of hydrogen-bond acceptors (Lipinski definition) is 6. The lowest BCUT2D eigenvalue weighted by Crippen LogP contribution is -2.46. The van der Waals surface area contributed by atoms with Gasteiger partial charge < -0.3 is 9.47 Å². The quantitative estimate of drug-likeness (QED) is 0.710. The fourth-order valence-corrected chi connectivity index (χ4v) is 2.80. The van der Waals surface area contributed by atoms with Crippen LogP contribution in [0.5, 0.6) is 0 Å². The van der Waals surface area contributed by atoms with Crippen molar-refractivity contribution in [3.8, 4) is 0 Å². The Labute approximate surface area is 125 Å². The highest BCUT2D eigenvalue weighted by Crippen LogP contribution is 2.33. The van der Waals surface area contributed by atoms with Gasteiger partial charge in [0.15, 0.2) is 0 Å². The van der Waals surface area contributed by atoms with Crippen LogP contribution >= 0.6 is 0 Å². The summed E-state index contributed by atoms with van der Waals surface area (Å²) in [4.78, 5) is 30.7. The summed E-state index contributed by atoms with van der Waals surface area (Å²) in [7, 11) is 1.86. The van der Waals surface area contributed by atoms with E-state index in [9.17, 15) is 9.59 Å². The van der Waals surface area contributed by atoms with E-state index in [4.69, 9.17) is 14.3 Å². The molecule has 0 spiro atoms. The Kier molecular flexibility index (Phi) is 4.43. The monoisotopic (exact) mass is 300 g/mol. The molecule has 0 radical (unpaired) electrons. The van der Waals surface area contributed by atoms with E-state index in [0.717, 1.165) is 6.54 Å². The molecule has 0 unspecified atom stereocenters. The maximum absolute atomic E-state index is 12.3. The Hall–Kier alpha value is -1.34. The van der Waals surface area contributed by atoms with Crippen molar-refractivity contribution in [1.82, 2.24) is 9.96 Å². The number of hydroxylamine groups is 2. The minimum absolute atomic E-state index is 0.129. The van der Waals surface area contributed by atoms with Gasteiger partial charge >= 0.3 is 12.1 Å². The molecule has 2 aliphatic rings. The van der Waals surface area contributed by atoms with Gasteiger partial charge in [-0.15, -0.1) is 0 Å². The minimum Gasteiger partial charge on any atom is -0.464 e. The van der Waals surface area contributed by atoms with E-state index in [0.29, 0.717) is 6.54 Å². The van der Waals surface area contributed by atoms with E-state index in [2.05, 4.69) is 0 Å². The largest absolute Gasteiger partial charge is 0.464 e. The maximum Gasteiger partial charge on any atom is 0.410 e. The van der Waals surface area contributed by atoms with Gasteiger partial charge in [0.25, 0.3) is 0 Å². The van der Waals surface area contributed by atoms with E-state index in [1.165, 1.54) is 6.92 Å². The summed E-state index contributed by atoms with van der Waals surface area (Å²) in [6, 6.07) is -0.307. The van der Waals surface area contributed by atoms with E-state index in [-0.39, 0.29) is 36.7 Å². The molecule has 0 aromatic rings. The molecule has 2 rings (SSSR count). The SMILES string of the molecule is CC(=O)OC[C@@H]1[C@H]2ON(C)C[C@H]2CN1C(=O)OC(C)(C)C. The highest BCUT2D eigenvalue weighted by Gasteiger charge is 2.50. The molecule has 0 N–H and O–H groups in total. The third-order valence-electron chi connectivity index (χ3n) is 3.55. The Balaban J connectivity index is 2.08. The van der Waals surface area contributed by atoms with Gasteiger partial charge in [-0.3, -0.25) is 14.5 Å². The van der Waals surface area contributed by atoms with Gasteiger partial charge in [-0.05, 0) is 20.8 Å². The van der Waals surface area contributed by atoms with Crippen LogP contribution in [0.25, 0.3) is 0 Å². The van der Waals surface area contributed by atoms with Crippen molar-refractivity contribution in [3.63, 3.8) is 0 Å². The van der Waals surface area contributed by atoms with Gasteiger partial charge in [0.1, 0.15) is 18.3 Å². The zero-order valence-electron chi connectivity index (χ0n) is 13.3. The molecule has 0 aromatic heterocycles. The number of carbonyl (C=O) groups excluding carboxylic acids is 2. The van der Waals surface area contributed by atoms with Crippen molar-refractivity contribution >= 4 is 12.1 Å². The molecule has 2 saturated heterocycles. The highest BCUT2D eigenvalue weighted by atomic mass is 16.7. The number of hydrogen-bond donors (Lipinski definition) is 0. The van der Waals surface area contributed by atoms with Crippen LogP contribution in [0.3, 0.4) is 0 Å². The first-order valence-corrected chi connectivity index (χ1v) is 7.18. The first kappa shape index (κ1) is 16.0. The predicted molar refractivity (Wildman–Crippen MR) is 74.4 cm³/mol. The molecular formula is C14H24N2O5. The molecule has 3 atom stereocenters. The summed E-state index contributed by atoms with van der Waals surface area (Å²) in [5.41, 5.74) is -0.557. The predicted octanol–water partition coefficient (Wildman–Crippen LogP) is 1.03. The normalized spacial score (nSPS) is 29.4. The summed E-state index contributed by atoms with van der Waals surface area (Å²) < 4.78 is 10.5. The van der Waals surface area contributed by atoms with Crippen molar-refractivity contribution in [1.29, 1.82) is 0 Å². The van der Waals surface area contributed by atoms with Gasteiger partial charge in [0.2, 0.25) is 0 Å². The molecule has 0 saturated carbocycles. The number of esters is 1. The first-order chi connectivity index (χ1) is 9.67. The fraction of sp³-hybridized carbons (Fsp3) is 0.857. The van der Waals surface area contributed by atoms with Crippen LogP contribution < -0.4 is 0 Å². The van der Waals surface area contributed by atoms with Crippen LogP contribution in [0, 0.1) is 5.92 Å². The van der Waals surface area contributed by atoms with Crippen molar-refractivity contribution in [2.45, 2.75) is 45.4 Å². The Morgan fingerprint density at radius 1 is 1.29 bits per heavy atom. The number of fused-ring (bicyclic) bond motifs is 1. The fourth-order valence-electron chi connectivity index (χ4n) is 2.80. The van der Waals surface area contributed by atoms with E-state index < -0.39 is 5.60 Å². The Morgan fingerprint density at radius 3 is 2.52 bits per heavy atom. The molecule has 7 nitrogen and oxygen atoms in total. The van der Waals surface area contributed by atoms with E-state index in [1.54, 1.807) is 9.96 Å². The van der Waals surface area contributed by atoms with Crippen LogP contribution in [0.4, 0.5) is 4.79 Å². The number of ether oxygens (including phenoxy) is 2. The first-order valence-electron chi connectivity index (χ1n) is 7.18. The second-order valence-electron chi connectivity index (χ2n) is 6.64. The highest BCUT2D eigenvalue weighted by molar-refractivity contribution is 5.69. The Bertz CT molecular complexity index is 420. The summed E-state index contributed by atoms with van der Waals surface area (Å²) in [5, 5.41) is 1.77. The topological polar surface area (TPSA) is 68.3 Å². The average Bonchev–Trinajstić information content (AvgIpc) is 2.80. The van der Waals surface area contributed by atoms with Crippen molar-refractivity contribution < 1.29 is 23.9 Å². The lowest BCUT2D eigenvalue weighted by molar-refractivity contribution is -0.156. The van der Waals surface area contributed by atoms with E-state index >= 15 is 0 Å². The van der Waals surface area contributed by atoms with E-state index in [1.807, 2.05) is 27.8 Å². The van der Waals surface area contributed by atoms with Crippen molar-refractivity contribution in [2.24, 2.45) is 5.92 Å². The molecule has 0 aromatic carbocycles. The van der Waals surface area contributed by atoms with Crippen molar-refractivity contribution in [3.05, 3.63) is 0 Å². The van der Waals surface area contributed by atoms with Crippen LogP contribution in [0.2, 0.25) is 0 Å². The molecule has 2 aliphatic heterocycles. The zero-order valence-corrected chi connectivity index (χ0v) is 13.3. The number of nitrogens with zero attached hydrogens (tertiary/aromatic N) is 2. The molecule has 21 heavy (non-hydrogen) atoms. The van der Waals surface area contributed by atoms with Crippen LogP contribution in [0.1, 0.15) is 27.7 Å². The molecule has 120 valence electrons. The van der Waals surface area contributed by atoms with Gasteiger partial charge in [-0.1, -0.05) is 0 Å². The summed E-state index contributed by atoms with van der Waals surface area (Å²) >= 11 is 0. The summed E-state index contributed by atoms with van der Waals surface area (Å²) in [5.74, 6) is -0.156. The van der Waals surface area contributed by atoms with Crippen LogP contribution in [-0.4, -0.2) is 66.5 Å². The minimum atomic E-state index is -0.557. The van der Waals surface area contributed by atoms with Crippen molar-refractivity contribution in [2.75, 3.05) is 26.7 Å². The second-order valence-corrected chi connectivity index (χ2v) is 6.64. The molecule has 0 bridgehead atoms. The standard InChI is InChI=1S/C14H24N2O5/c1-9(17)19-8-11-12-10(6-15(5)21-12)7-16(11)13(18)20-14(2,3)4/h10-12H,6-8H2,1-5H3/t10-,11+,12-/m0/s1. The molecule has 2 heterocycles. The third-order valence-corrected chi connectivity index (χ3v) is 3.55. The van der Waals surface area contributed by atoms with Crippen LogP contribution in [-0.2, 0) is 19.1 Å². The molecule has 1 amide bonds. The number of rotatable bonds is 2. The third kappa shape index (κ3) is 3.85. The number of amides is 1. The number of carbonyl (C=O) groups is 2. The second kappa shape index (κ2) is 5.81. The zero-order chi connectivity index (χ0) is 15.8. The lowest BCUT2D eigenvalue weighted by Gasteiger charge is -2.30. The molecular weight excluding hydrogens is 276 g/mol. The summed E-state index contributed by atoms with van der Waals surface area (Å²) in [6.45, 7) is 8.26. The smallest absolute Gasteiger partial charge is 0.410 e.